The Balaban J connectivity index is 1.44. The van der Waals surface area contributed by atoms with Crippen LogP contribution in [0.3, 0.4) is 0 Å². The van der Waals surface area contributed by atoms with Crippen LogP contribution < -0.4 is 10.2 Å². The van der Waals surface area contributed by atoms with E-state index in [-0.39, 0.29) is 11.6 Å². The Bertz CT molecular complexity index is 1290. The highest BCUT2D eigenvalue weighted by molar-refractivity contribution is 5.91. The van der Waals surface area contributed by atoms with Crippen molar-refractivity contribution in [3.05, 3.63) is 130 Å². The first-order chi connectivity index (χ1) is 17.0. The van der Waals surface area contributed by atoms with E-state index in [0.717, 1.165) is 6.20 Å². The van der Waals surface area contributed by atoms with Crippen molar-refractivity contribution in [2.75, 3.05) is 0 Å². The van der Waals surface area contributed by atoms with Crippen molar-refractivity contribution in [2.45, 2.75) is 5.60 Å². The molecule has 35 heavy (non-hydrogen) atoms. The minimum Gasteiger partial charge on any atom is -0.439 e. The van der Waals surface area contributed by atoms with Crippen LogP contribution >= 0.6 is 0 Å². The zero-order valence-electron chi connectivity index (χ0n) is 18.3. The van der Waals surface area contributed by atoms with E-state index in [1.807, 2.05) is 0 Å². The third-order valence-electron chi connectivity index (χ3n) is 5.13. The number of hydrogen-bond donors (Lipinski definition) is 2. The zero-order valence-corrected chi connectivity index (χ0v) is 18.3. The van der Waals surface area contributed by atoms with Gasteiger partial charge in [0, 0.05) is 12.1 Å². The summed E-state index contributed by atoms with van der Waals surface area (Å²) in [5, 5.41) is 26.1. The second-order valence-electron chi connectivity index (χ2n) is 7.42. The highest BCUT2D eigenvalue weighted by Crippen LogP contribution is 2.30. The lowest BCUT2D eigenvalue weighted by molar-refractivity contribution is -0.385. The Morgan fingerprint density at radius 3 is 2.06 bits per heavy atom. The van der Waals surface area contributed by atoms with Crippen LogP contribution in [0.1, 0.15) is 16.7 Å². The molecule has 1 amide bonds. The molecule has 0 aliphatic heterocycles. The summed E-state index contributed by atoms with van der Waals surface area (Å²) in [4.78, 5) is 27.1. The molecule has 0 unspecified atom stereocenters. The maximum atomic E-state index is 13.0. The number of carbonyl (C=O) groups excluding carboxylic acids is 1. The first kappa shape index (κ1) is 23.3. The molecule has 0 radical (unpaired) electrons. The summed E-state index contributed by atoms with van der Waals surface area (Å²) in [7, 11) is 0. The van der Waals surface area contributed by atoms with E-state index < -0.39 is 16.4 Å². The van der Waals surface area contributed by atoms with Gasteiger partial charge in [0.1, 0.15) is 11.9 Å². The molecule has 0 atom stereocenters. The highest BCUT2D eigenvalue weighted by Gasteiger charge is 2.39. The van der Waals surface area contributed by atoms with E-state index >= 15 is 0 Å². The van der Waals surface area contributed by atoms with E-state index in [1.54, 1.807) is 84.9 Å². The number of nitro groups is 1. The van der Waals surface area contributed by atoms with Crippen LogP contribution in [0.2, 0.25) is 0 Å². The largest absolute Gasteiger partial charge is 0.439 e. The topological polar surface area (TPSA) is 127 Å². The lowest BCUT2D eigenvalue weighted by Gasteiger charge is -2.27. The lowest BCUT2D eigenvalue weighted by Crippen LogP contribution is -2.43. The SMILES string of the molecule is O=C(N/N=C/c1ccc(Oc2ccc([N+](=O)[O-])cn2)cc1)C(O)(c1ccccc1)c1ccccc1. The number of carbonyl (C=O) groups is 1. The number of hydrogen-bond acceptors (Lipinski definition) is 7. The standard InChI is InChI=1S/C26H20N4O5/c31-25(26(32,20-7-3-1-4-8-20)21-9-5-2-6-10-21)29-28-17-19-11-14-23(15-12-19)35-24-16-13-22(18-27-24)30(33)34/h1-18,32H,(H,29,31)/b28-17+. The molecule has 2 N–H and O–H groups in total. The molecule has 1 aromatic heterocycles. The third kappa shape index (κ3) is 5.37. The molecule has 174 valence electrons. The molecule has 0 saturated heterocycles. The molecule has 0 spiro atoms. The molecule has 1 heterocycles. The maximum absolute atomic E-state index is 13.0. The minimum absolute atomic E-state index is 0.127. The van der Waals surface area contributed by atoms with Crippen LogP contribution in [0.15, 0.2) is 108 Å². The molecule has 0 saturated carbocycles. The van der Waals surface area contributed by atoms with Gasteiger partial charge < -0.3 is 9.84 Å². The van der Waals surface area contributed by atoms with Crippen molar-refractivity contribution in [3.63, 3.8) is 0 Å². The number of amides is 1. The lowest BCUT2D eigenvalue weighted by atomic mass is 9.85. The van der Waals surface area contributed by atoms with E-state index in [0.29, 0.717) is 22.4 Å². The predicted octanol–water partition coefficient (Wildman–Crippen LogP) is 4.17. The van der Waals surface area contributed by atoms with Crippen molar-refractivity contribution >= 4 is 17.8 Å². The van der Waals surface area contributed by atoms with Crippen LogP contribution in [0, 0.1) is 10.1 Å². The van der Waals surface area contributed by atoms with Crippen molar-refractivity contribution in [2.24, 2.45) is 5.10 Å². The number of nitrogens with one attached hydrogen (secondary N) is 1. The molecular formula is C26H20N4O5. The minimum atomic E-state index is -1.92. The van der Waals surface area contributed by atoms with Gasteiger partial charge in [-0.1, -0.05) is 60.7 Å². The van der Waals surface area contributed by atoms with Gasteiger partial charge in [-0.05, 0) is 41.0 Å². The van der Waals surface area contributed by atoms with Gasteiger partial charge in [-0.2, -0.15) is 5.10 Å². The van der Waals surface area contributed by atoms with Gasteiger partial charge in [-0.15, -0.1) is 0 Å². The van der Waals surface area contributed by atoms with Crippen molar-refractivity contribution in [1.29, 1.82) is 0 Å². The van der Waals surface area contributed by atoms with Crippen LogP contribution in [0.5, 0.6) is 11.6 Å². The molecule has 0 fully saturated rings. The summed E-state index contributed by atoms with van der Waals surface area (Å²) < 4.78 is 5.57. The molecule has 0 bridgehead atoms. The van der Waals surface area contributed by atoms with Gasteiger partial charge in [0.25, 0.3) is 11.6 Å². The fourth-order valence-corrected chi connectivity index (χ4v) is 3.32. The highest BCUT2D eigenvalue weighted by atomic mass is 16.6. The predicted molar refractivity (Wildman–Crippen MR) is 129 cm³/mol. The van der Waals surface area contributed by atoms with Gasteiger partial charge in [0.05, 0.1) is 11.1 Å². The van der Waals surface area contributed by atoms with E-state index in [1.165, 1.54) is 18.3 Å². The van der Waals surface area contributed by atoms with Crippen molar-refractivity contribution in [3.8, 4) is 11.6 Å². The Morgan fingerprint density at radius 2 is 1.54 bits per heavy atom. The summed E-state index contributed by atoms with van der Waals surface area (Å²) >= 11 is 0. The van der Waals surface area contributed by atoms with Crippen LogP contribution in [-0.2, 0) is 10.4 Å². The summed E-state index contributed by atoms with van der Waals surface area (Å²) in [6.07, 6.45) is 2.55. The Hall–Kier alpha value is -4.89. The summed E-state index contributed by atoms with van der Waals surface area (Å²) in [5.74, 6) is -0.0178. The van der Waals surface area contributed by atoms with Gasteiger partial charge in [-0.25, -0.2) is 10.4 Å². The molecule has 0 aliphatic rings. The summed E-state index contributed by atoms with van der Waals surface area (Å²) in [6, 6.07) is 26.7. The number of nitrogens with zero attached hydrogens (tertiary/aromatic N) is 3. The Morgan fingerprint density at radius 1 is 0.943 bits per heavy atom. The zero-order chi connectivity index (χ0) is 24.7. The number of pyridine rings is 1. The number of benzene rings is 3. The summed E-state index contributed by atoms with van der Waals surface area (Å²) in [5.41, 5.74) is 1.87. The number of aliphatic hydroxyl groups is 1. The smallest absolute Gasteiger partial charge is 0.287 e. The second kappa shape index (κ2) is 10.4. The quantitative estimate of drug-likeness (QED) is 0.227. The van der Waals surface area contributed by atoms with Crippen LogP contribution in [0.4, 0.5) is 5.69 Å². The number of rotatable bonds is 8. The van der Waals surface area contributed by atoms with Gasteiger partial charge in [0.2, 0.25) is 5.88 Å². The number of ether oxygens (including phenoxy) is 1. The fourth-order valence-electron chi connectivity index (χ4n) is 3.32. The van der Waals surface area contributed by atoms with E-state index in [4.69, 9.17) is 4.74 Å². The number of hydrazone groups is 1. The maximum Gasteiger partial charge on any atom is 0.287 e. The molecule has 9 heteroatoms. The fraction of sp³-hybridized carbons (Fsp3) is 0.0385. The average Bonchev–Trinajstić information content (AvgIpc) is 2.90. The Labute approximate surface area is 200 Å². The van der Waals surface area contributed by atoms with Crippen molar-refractivity contribution < 1.29 is 19.6 Å². The van der Waals surface area contributed by atoms with Crippen LogP contribution in [-0.4, -0.2) is 27.1 Å². The molecule has 4 rings (SSSR count). The van der Waals surface area contributed by atoms with Crippen molar-refractivity contribution in [1.82, 2.24) is 10.4 Å². The van der Waals surface area contributed by atoms with E-state index in [2.05, 4.69) is 15.5 Å². The normalized spacial score (nSPS) is 11.2. The third-order valence-corrected chi connectivity index (χ3v) is 5.13. The molecule has 4 aromatic rings. The first-order valence-electron chi connectivity index (χ1n) is 10.5. The molecule has 3 aromatic carbocycles. The van der Waals surface area contributed by atoms with E-state index in [9.17, 15) is 20.0 Å². The van der Waals surface area contributed by atoms with Crippen LogP contribution in [0.25, 0.3) is 0 Å². The molecule has 0 aliphatic carbocycles. The van der Waals surface area contributed by atoms with Gasteiger partial charge in [-0.3, -0.25) is 14.9 Å². The first-order valence-corrected chi connectivity index (χ1v) is 10.5. The summed E-state index contributed by atoms with van der Waals surface area (Å²) in [6.45, 7) is 0. The monoisotopic (exact) mass is 468 g/mol. The van der Waals surface area contributed by atoms with Gasteiger partial charge >= 0.3 is 0 Å². The average molecular weight is 468 g/mol. The molecule has 9 nitrogen and oxygen atoms in total. The second-order valence-corrected chi connectivity index (χ2v) is 7.42. The number of aromatic nitrogens is 1. The molecular weight excluding hydrogens is 448 g/mol. The Kier molecular flexibility index (Phi) is 6.89. The van der Waals surface area contributed by atoms with Gasteiger partial charge in [0.15, 0.2) is 5.60 Å².